The van der Waals surface area contributed by atoms with Crippen molar-refractivity contribution in [3.63, 3.8) is 0 Å². The first-order chi connectivity index (χ1) is 10.1. The van der Waals surface area contributed by atoms with Crippen molar-refractivity contribution in [1.29, 1.82) is 0 Å². The van der Waals surface area contributed by atoms with Crippen molar-refractivity contribution >= 4 is 0 Å². The van der Waals surface area contributed by atoms with Gasteiger partial charge in [0.2, 0.25) is 0 Å². The van der Waals surface area contributed by atoms with E-state index in [0.29, 0.717) is 6.04 Å². The average molecular weight is 287 g/mol. The van der Waals surface area contributed by atoms with Gasteiger partial charge in [0.15, 0.2) is 0 Å². The molecular weight excluding hydrogens is 258 g/mol. The van der Waals surface area contributed by atoms with Crippen LogP contribution in [0.5, 0.6) is 5.75 Å². The Kier molecular flexibility index (Phi) is 4.26. The number of ether oxygens (including phenoxy) is 1. The van der Waals surface area contributed by atoms with Gasteiger partial charge in [0.25, 0.3) is 0 Å². The highest BCUT2D eigenvalue weighted by atomic mass is 16.5. The van der Waals surface area contributed by atoms with Gasteiger partial charge in [-0.25, -0.2) is 0 Å². The van der Waals surface area contributed by atoms with Crippen LogP contribution < -0.4 is 10.1 Å². The minimum Gasteiger partial charge on any atom is -0.487 e. The van der Waals surface area contributed by atoms with Crippen molar-refractivity contribution in [2.75, 3.05) is 6.54 Å². The van der Waals surface area contributed by atoms with Gasteiger partial charge in [-0.2, -0.15) is 0 Å². The summed E-state index contributed by atoms with van der Waals surface area (Å²) in [5, 5.41) is 3.67. The van der Waals surface area contributed by atoms with Gasteiger partial charge in [0, 0.05) is 18.0 Å². The number of nitrogens with one attached hydrogen (secondary N) is 1. The summed E-state index contributed by atoms with van der Waals surface area (Å²) in [6.07, 6.45) is 6.19. The maximum Gasteiger partial charge on any atom is 0.124 e. The number of hydrogen-bond donors (Lipinski definition) is 1. The molecule has 1 atom stereocenters. The molecule has 3 rings (SSSR count). The van der Waals surface area contributed by atoms with Crippen molar-refractivity contribution in [3.8, 4) is 5.75 Å². The molecule has 2 nitrogen and oxygen atoms in total. The molecule has 1 unspecified atom stereocenters. The predicted octanol–water partition coefficient (Wildman–Crippen LogP) is 4.70. The van der Waals surface area contributed by atoms with Crippen molar-refractivity contribution < 1.29 is 4.74 Å². The van der Waals surface area contributed by atoms with Crippen LogP contribution in [0.1, 0.15) is 64.5 Å². The molecule has 1 spiro atoms. The third kappa shape index (κ3) is 2.96. The Hall–Kier alpha value is -1.02. The van der Waals surface area contributed by atoms with Crippen molar-refractivity contribution in [2.45, 2.75) is 64.5 Å². The lowest BCUT2D eigenvalue weighted by atomic mass is 9.71. The van der Waals surface area contributed by atoms with Crippen LogP contribution >= 0.6 is 0 Å². The highest BCUT2D eigenvalue weighted by Gasteiger charge is 2.43. The first-order valence-corrected chi connectivity index (χ1v) is 8.65. The molecule has 0 bridgehead atoms. The quantitative estimate of drug-likeness (QED) is 0.869. The van der Waals surface area contributed by atoms with E-state index < -0.39 is 0 Å². The zero-order valence-corrected chi connectivity index (χ0v) is 13.7. The average Bonchev–Trinajstić information content (AvgIpc) is 2.48. The standard InChI is InChI=1S/C19H29NO/c1-4-20-17-13-19(11-9-15(10-12-19)14(2)3)21-18-8-6-5-7-16(17)18/h5-8,14-15,17,20H,4,9-13H2,1-3H3. The molecule has 0 amide bonds. The first kappa shape index (κ1) is 14.9. The minimum absolute atomic E-state index is 0.0760. The molecular formula is C19H29NO. The molecule has 0 radical (unpaired) electrons. The van der Waals surface area contributed by atoms with Gasteiger partial charge in [-0.05, 0) is 50.1 Å². The Morgan fingerprint density at radius 3 is 2.62 bits per heavy atom. The van der Waals surface area contributed by atoms with Crippen LogP contribution in [-0.4, -0.2) is 12.1 Å². The Morgan fingerprint density at radius 2 is 1.95 bits per heavy atom. The van der Waals surface area contributed by atoms with Gasteiger partial charge >= 0.3 is 0 Å². The maximum absolute atomic E-state index is 6.53. The largest absolute Gasteiger partial charge is 0.487 e. The second-order valence-electron chi connectivity index (χ2n) is 7.22. The highest BCUT2D eigenvalue weighted by Crippen LogP contribution is 2.47. The monoisotopic (exact) mass is 287 g/mol. The highest BCUT2D eigenvalue weighted by molar-refractivity contribution is 5.39. The fraction of sp³-hybridized carbons (Fsp3) is 0.684. The van der Waals surface area contributed by atoms with E-state index in [1.165, 1.54) is 31.2 Å². The van der Waals surface area contributed by atoms with Gasteiger partial charge in [-0.3, -0.25) is 0 Å². The van der Waals surface area contributed by atoms with Crippen LogP contribution in [0.2, 0.25) is 0 Å². The third-order valence-corrected chi connectivity index (χ3v) is 5.53. The van der Waals surface area contributed by atoms with Crippen LogP contribution in [0.15, 0.2) is 24.3 Å². The lowest BCUT2D eigenvalue weighted by molar-refractivity contribution is -0.0197. The Balaban J connectivity index is 1.80. The molecule has 0 aromatic heterocycles. The Labute approximate surface area is 129 Å². The molecule has 2 heteroatoms. The fourth-order valence-electron chi connectivity index (χ4n) is 4.19. The fourth-order valence-corrected chi connectivity index (χ4v) is 4.19. The van der Waals surface area contributed by atoms with Crippen molar-refractivity contribution in [3.05, 3.63) is 29.8 Å². The number of para-hydroxylation sites is 1. The van der Waals surface area contributed by atoms with Crippen molar-refractivity contribution in [1.82, 2.24) is 5.32 Å². The van der Waals surface area contributed by atoms with Gasteiger partial charge in [0.1, 0.15) is 11.4 Å². The molecule has 1 heterocycles. The Morgan fingerprint density at radius 1 is 1.24 bits per heavy atom. The molecule has 2 aliphatic rings. The number of benzene rings is 1. The van der Waals surface area contributed by atoms with Crippen LogP contribution in [0.4, 0.5) is 0 Å². The lowest BCUT2D eigenvalue weighted by Crippen LogP contribution is -2.47. The van der Waals surface area contributed by atoms with Gasteiger partial charge in [-0.15, -0.1) is 0 Å². The second kappa shape index (κ2) is 6.00. The summed E-state index contributed by atoms with van der Waals surface area (Å²) in [5.41, 5.74) is 1.42. The molecule has 21 heavy (non-hydrogen) atoms. The van der Waals surface area contributed by atoms with E-state index in [1.54, 1.807) is 0 Å². The summed E-state index contributed by atoms with van der Waals surface area (Å²) >= 11 is 0. The zero-order chi connectivity index (χ0) is 14.9. The molecule has 1 N–H and O–H groups in total. The smallest absolute Gasteiger partial charge is 0.124 e. The van der Waals surface area contributed by atoms with E-state index in [2.05, 4.69) is 50.4 Å². The number of fused-ring (bicyclic) bond motifs is 1. The summed E-state index contributed by atoms with van der Waals surface area (Å²) in [5.74, 6) is 2.80. The molecule has 1 fully saturated rings. The van der Waals surface area contributed by atoms with Gasteiger partial charge in [-0.1, -0.05) is 39.0 Å². The summed E-state index contributed by atoms with van der Waals surface area (Å²) in [7, 11) is 0. The van der Waals surface area contributed by atoms with E-state index >= 15 is 0 Å². The molecule has 1 aromatic rings. The molecule has 0 saturated heterocycles. The molecule has 1 saturated carbocycles. The maximum atomic E-state index is 6.53. The summed E-state index contributed by atoms with van der Waals surface area (Å²) in [6, 6.07) is 9.04. The van der Waals surface area contributed by atoms with E-state index in [4.69, 9.17) is 4.74 Å². The Bertz CT molecular complexity index is 474. The predicted molar refractivity (Wildman–Crippen MR) is 87.6 cm³/mol. The molecule has 1 aromatic carbocycles. The molecule has 116 valence electrons. The topological polar surface area (TPSA) is 21.3 Å². The van der Waals surface area contributed by atoms with Gasteiger partial charge < -0.3 is 10.1 Å². The second-order valence-corrected chi connectivity index (χ2v) is 7.22. The summed E-state index contributed by atoms with van der Waals surface area (Å²) in [6.45, 7) is 7.94. The normalized spacial score (nSPS) is 32.0. The van der Waals surface area contributed by atoms with E-state index in [1.807, 2.05) is 0 Å². The number of hydrogen-bond acceptors (Lipinski definition) is 2. The summed E-state index contributed by atoms with van der Waals surface area (Å²) in [4.78, 5) is 0. The van der Waals surface area contributed by atoms with Crippen LogP contribution in [-0.2, 0) is 0 Å². The summed E-state index contributed by atoms with van der Waals surface area (Å²) < 4.78 is 6.53. The molecule has 1 aliphatic carbocycles. The van der Waals surface area contributed by atoms with Crippen LogP contribution in [0.3, 0.4) is 0 Å². The van der Waals surface area contributed by atoms with E-state index in [0.717, 1.165) is 30.6 Å². The van der Waals surface area contributed by atoms with Crippen LogP contribution in [0, 0.1) is 11.8 Å². The zero-order valence-electron chi connectivity index (χ0n) is 13.7. The third-order valence-electron chi connectivity index (χ3n) is 5.53. The van der Waals surface area contributed by atoms with Crippen molar-refractivity contribution in [2.24, 2.45) is 11.8 Å². The molecule has 1 aliphatic heterocycles. The number of rotatable bonds is 3. The lowest BCUT2D eigenvalue weighted by Gasteiger charge is -2.47. The van der Waals surface area contributed by atoms with Gasteiger partial charge in [0.05, 0.1) is 0 Å². The SMILES string of the molecule is CCNC1CC2(CCC(C(C)C)CC2)Oc2ccccc21. The first-order valence-electron chi connectivity index (χ1n) is 8.65. The van der Waals surface area contributed by atoms with E-state index in [-0.39, 0.29) is 5.60 Å². The van der Waals surface area contributed by atoms with E-state index in [9.17, 15) is 0 Å². The van der Waals surface area contributed by atoms with Crippen LogP contribution in [0.25, 0.3) is 0 Å². The minimum atomic E-state index is 0.0760.